The maximum absolute atomic E-state index is 5.22. The Kier molecular flexibility index (Phi) is 2.41. The van der Waals surface area contributed by atoms with Gasteiger partial charge in [-0.2, -0.15) is 0 Å². The van der Waals surface area contributed by atoms with Crippen molar-refractivity contribution >= 4 is 21.7 Å². The van der Waals surface area contributed by atoms with Gasteiger partial charge >= 0.3 is 0 Å². The molecule has 60 valence electrons. The van der Waals surface area contributed by atoms with Gasteiger partial charge in [0.15, 0.2) is 5.82 Å². The molecule has 5 heteroatoms. The number of nitrogen functional groups attached to an aromatic ring is 1. The van der Waals surface area contributed by atoms with Crippen molar-refractivity contribution in [2.45, 2.75) is 13.8 Å². The van der Waals surface area contributed by atoms with Gasteiger partial charge in [0.2, 0.25) is 0 Å². The van der Waals surface area contributed by atoms with Gasteiger partial charge in [-0.1, -0.05) is 0 Å². The van der Waals surface area contributed by atoms with E-state index in [9.17, 15) is 0 Å². The molecule has 1 aromatic rings. The number of hydrogen-bond donors (Lipinski definition) is 2. The van der Waals surface area contributed by atoms with Crippen molar-refractivity contribution < 1.29 is 0 Å². The van der Waals surface area contributed by atoms with Crippen LogP contribution in [0, 0.1) is 13.8 Å². The second-order valence-electron chi connectivity index (χ2n) is 2.16. The van der Waals surface area contributed by atoms with Crippen LogP contribution in [-0.4, -0.2) is 9.97 Å². The van der Waals surface area contributed by atoms with Gasteiger partial charge in [0, 0.05) is 0 Å². The highest BCUT2D eigenvalue weighted by molar-refractivity contribution is 9.10. The highest BCUT2D eigenvalue weighted by Crippen LogP contribution is 2.21. The van der Waals surface area contributed by atoms with Crippen LogP contribution in [0.3, 0.4) is 0 Å². The monoisotopic (exact) mass is 216 g/mol. The van der Waals surface area contributed by atoms with Crippen LogP contribution in [-0.2, 0) is 0 Å². The van der Waals surface area contributed by atoms with Crippen LogP contribution in [0.5, 0.6) is 0 Å². The lowest BCUT2D eigenvalue weighted by molar-refractivity contribution is 0.993. The van der Waals surface area contributed by atoms with Gasteiger partial charge in [0.1, 0.15) is 5.82 Å². The van der Waals surface area contributed by atoms with Crippen molar-refractivity contribution in [3.8, 4) is 0 Å². The fourth-order valence-electron chi connectivity index (χ4n) is 0.795. The lowest BCUT2D eigenvalue weighted by Crippen LogP contribution is -2.11. The molecule has 0 unspecified atom stereocenters. The summed E-state index contributed by atoms with van der Waals surface area (Å²) < 4.78 is 0.811. The van der Waals surface area contributed by atoms with E-state index >= 15 is 0 Å². The van der Waals surface area contributed by atoms with E-state index < -0.39 is 0 Å². The fraction of sp³-hybridized carbons (Fsp3) is 0.333. The van der Waals surface area contributed by atoms with Crippen LogP contribution in [0.2, 0.25) is 0 Å². The molecule has 0 amide bonds. The van der Waals surface area contributed by atoms with E-state index in [1.165, 1.54) is 0 Å². The molecule has 4 nitrogen and oxygen atoms in total. The van der Waals surface area contributed by atoms with Crippen molar-refractivity contribution in [3.63, 3.8) is 0 Å². The number of rotatable bonds is 1. The molecule has 0 atom stereocenters. The number of hydrogen-bond acceptors (Lipinski definition) is 4. The van der Waals surface area contributed by atoms with Crippen LogP contribution >= 0.6 is 15.9 Å². The summed E-state index contributed by atoms with van der Waals surface area (Å²) in [6, 6.07) is 0. The third-order valence-corrected chi connectivity index (χ3v) is 2.21. The number of anilines is 1. The van der Waals surface area contributed by atoms with E-state index in [4.69, 9.17) is 5.84 Å². The largest absolute Gasteiger partial charge is 0.307 e. The Balaban J connectivity index is 3.24. The summed E-state index contributed by atoms with van der Waals surface area (Å²) in [6.07, 6.45) is 0. The minimum Gasteiger partial charge on any atom is -0.307 e. The van der Waals surface area contributed by atoms with Crippen molar-refractivity contribution in [3.05, 3.63) is 16.0 Å². The molecule has 0 spiro atoms. The standard InChI is InChI=1S/C6H9BrN4/c1-3-5(7)6(11-8)10-4(2)9-3/h8H2,1-2H3,(H,9,10,11). The molecule has 1 rings (SSSR count). The average Bonchev–Trinajstić information content (AvgIpc) is 1.96. The normalized spacial score (nSPS) is 9.82. The Bertz CT molecular complexity index is 274. The maximum Gasteiger partial charge on any atom is 0.158 e. The molecule has 0 aliphatic rings. The molecular formula is C6H9BrN4. The predicted molar refractivity (Wildman–Crippen MR) is 47.0 cm³/mol. The SMILES string of the molecule is Cc1nc(C)c(Br)c(NN)n1. The van der Waals surface area contributed by atoms with E-state index in [-0.39, 0.29) is 0 Å². The van der Waals surface area contributed by atoms with Crippen LogP contribution in [0.4, 0.5) is 5.82 Å². The van der Waals surface area contributed by atoms with Gasteiger partial charge in [-0.15, -0.1) is 0 Å². The van der Waals surface area contributed by atoms with E-state index in [0.29, 0.717) is 11.6 Å². The number of nitrogens with zero attached hydrogens (tertiary/aromatic N) is 2. The van der Waals surface area contributed by atoms with Gasteiger partial charge in [0.05, 0.1) is 10.2 Å². The van der Waals surface area contributed by atoms with Gasteiger partial charge in [-0.05, 0) is 29.8 Å². The molecule has 0 aromatic carbocycles. The molecule has 0 saturated carbocycles. The van der Waals surface area contributed by atoms with E-state index in [1.807, 2.05) is 13.8 Å². The molecule has 0 radical (unpaired) electrons. The molecule has 1 aromatic heterocycles. The van der Waals surface area contributed by atoms with Gasteiger partial charge in [-0.25, -0.2) is 15.8 Å². The number of halogens is 1. The highest BCUT2D eigenvalue weighted by Gasteiger charge is 2.04. The number of nitrogens with one attached hydrogen (secondary N) is 1. The van der Waals surface area contributed by atoms with E-state index in [2.05, 4.69) is 31.3 Å². The topological polar surface area (TPSA) is 63.8 Å². The quantitative estimate of drug-likeness (QED) is 0.546. The Morgan fingerprint density at radius 1 is 1.36 bits per heavy atom. The summed E-state index contributed by atoms with van der Waals surface area (Å²) in [4.78, 5) is 8.19. The summed E-state index contributed by atoms with van der Waals surface area (Å²) in [5.41, 5.74) is 3.36. The molecule has 0 bridgehead atoms. The first-order valence-corrected chi connectivity index (χ1v) is 3.92. The summed E-state index contributed by atoms with van der Waals surface area (Å²) in [7, 11) is 0. The lowest BCUT2D eigenvalue weighted by Gasteiger charge is -2.04. The third-order valence-electron chi connectivity index (χ3n) is 1.27. The zero-order valence-electron chi connectivity index (χ0n) is 6.35. The zero-order valence-corrected chi connectivity index (χ0v) is 7.94. The minimum atomic E-state index is 0.620. The summed E-state index contributed by atoms with van der Waals surface area (Å²) in [5, 5.41) is 0. The Hall–Kier alpha value is -0.680. The highest BCUT2D eigenvalue weighted by atomic mass is 79.9. The minimum absolute atomic E-state index is 0.620. The molecule has 0 aliphatic carbocycles. The van der Waals surface area contributed by atoms with Gasteiger partial charge in [-0.3, -0.25) is 0 Å². The van der Waals surface area contributed by atoms with Crippen molar-refractivity contribution in [1.82, 2.24) is 9.97 Å². The summed E-state index contributed by atoms with van der Waals surface area (Å²) >= 11 is 3.31. The molecule has 1 heterocycles. The predicted octanol–water partition coefficient (Wildman–Crippen LogP) is 1.14. The molecule has 0 fully saturated rings. The number of aryl methyl sites for hydroxylation is 2. The number of nitrogens with two attached hydrogens (primary N) is 1. The van der Waals surface area contributed by atoms with Crippen LogP contribution < -0.4 is 11.3 Å². The first kappa shape index (κ1) is 8.42. The Labute approximate surface area is 73.3 Å². The fourth-order valence-corrected chi connectivity index (χ4v) is 1.09. The van der Waals surface area contributed by atoms with Crippen LogP contribution in [0.15, 0.2) is 4.47 Å². The number of aromatic nitrogens is 2. The molecule has 3 N–H and O–H groups in total. The molecule has 0 aliphatic heterocycles. The average molecular weight is 217 g/mol. The Morgan fingerprint density at radius 3 is 2.55 bits per heavy atom. The first-order chi connectivity index (χ1) is 5.15. The number of hydrazine groups is 1. The second-order valence-corrected chi connectivity index (χ2v) is 2.96. The third kappa shape index (κ3) is 1.66. The first-order valence-electron chi connectivity index (χ1n) is 3.12. The molecule has 0 saturated heterocycles. The van der Waals surface area contributed by atoms with Gasteiger partial charge < -0.3 is 5.43 Å². The Morgan fingerprint density at radius 2 is 2.00 bits per heavy atom. The van der Waals surface area contributed by atoms with Gasteiger partial charge in [0.25, 0.3) is 0 Å². The summed E-state index contributed by atoms with van der Waals surface area (Å²) in [5.74, 6) is 6.55. The van der Waals surface area contributed by atoms with Crippen molar-refractivity contribution in [2.75, 3.05) is 5.43 Å². The van der Waals surface area contributed by atoms with Crippen LogP contribution in [0.1, 0.15) is 11.5 Å². The lowest BCUT2D eigenvalue weighted by atomic mass is 10.4. The van der Waals surface area contributed by atoms with E-state index in [0.717, 1.165) is 10.2 Å². The second kappa shape index (κ2) is 3.15. The van der Waals surface area contributed by atoms with E-state index in [1.54, 1.807) is 0 Å². The molecule has 11 heavy (non-hydrogen) atoms. The van der Waals surface area contributed by atoms with Crippen molar-refractivity contribution in [1.29, 1.82) is 0 Å². The van der Waals surface area contributed by atoms with Crippen molar-refractivity contribution in [2.24, 2.45) is 5.84 Å². The zero-order chi connectivity index (χ0) is 8.43. The maximum atomic E-state index is 5.22. The smallest absolute Gasteiger partial charge is 0.158 e. The molecular weight excluding hydrogens is 208 g/mol. The summed E-state index contributed by atoms with van der Waals surface area (Å²) in [6.45, 7) is 3.71. The van der Waals surface area contributed by atoms with Crippen LogP contribution in [0.25, 0.3) is 0 Å².